The Labute approximate surface area is 190 Å². The number of tetrazole rings is 1. The maximum atomic E-state index is 13.2. The fraction of sp³-hybridized carbons (Fsp3) is 0.591. The van der Waals surface area contributed by atoms with Gasteiger partial charge in [0, 0.05) is 29.1 Å². The van der Waals surface area contributed by atoms with Gasteiger partial charge in [0.05, 0.1) is 0 Å². The minimum absolute atomic E-state index is 0.160. The van der Waals surface area contributed by atoms with Crippen molar-refractivity contribution < 1.29 is 14.7 Å². The smallest absolute Gasteiger partial charge is 0.252 e. The number of aliphatic hydroxyl groups excluding tert-OH is 1. The predicted octanol–water partition coefficient (Wildman–Crippen LogP) is 1.78. The number of amides is 2. The Hall–Kier alpha value is -2.52. The van der Waals surface area contributed by atoms with Crippen molar-refractivity contribution in [1.82, 2.24) is 30.8 Å². The minimum atomic E-state index is -1.10. The highest BCUT2D eigenvalue weighted by Crippen LogP contribution is 2.52. The maximum Gasteiger partial charge on any atom is 0.252 e. The van der Waals surface area contributed by atoms with Crippen molar-refractivity contribution in [3.8, 4) is 11.4 Å². The van der Waals surface area contributed by atoms with Gasteiger partial charge in [-0.15, -0.1) is 5.10 Å². The number of fused-ring (bicyclic) bond motifs is 1. The highest BCUT2D eigenvalue weighted by Gasteiger charge is 2.58. The lowest BCUT2D eigenvalue weighted by atomic mass is 9.80. The molecule has 1 unspecified atom stereocenters. The number of hydrogen-bond acceptors (Lipinski definition) is 6. The molecule has 1 aliphatic heterocycles. The van der Waals surface area contributed by atoms with E-state index in [0.29, 0.717) is 29.2 Å². The fourth-order valence-corrected chi connectivity index (χ4v) is 5.25. The van der Waals surface area contributed by atoms with E-state index in [4.69, 9.17) is 11.6 Å². The summed E-state index contributed by atoms with van der Waals surface area (Å²) in [6.45, 7) is 4.64. The Morgan fingerprint density at radius 1 is 1.38 bits per heavy atom. The minimum Gasteiger partial charge on any atom is -0.383 e. The van der Waals surface area contributed by atoms with E-state index in [0.717, 1.165) is 30.4 Å². The molecule has 2 aromatic rings. The molecule has 0 bridgehead atoms. The summed E-state index contributed by atoms with van der Waals surface area (Å²) in [5, 5.41) is 28.2. The molecular formula is C22H27ClN6O3. The second kappa shape index (κ2) is 7.81. The maximum absolute atomic E-state index is 13.2. The van der Waals surface area contributed by atoms with Crippen LogP contribution in [0.4, 0.5) is 0 Å². The zero-order valence-electron chi connectivity index (χ0n) is 18.1. The van der Waals surface area contributed by atoms with Crippen LogP contribution in [0.2, 0.25) is 5.02 Å². The van der Waals surface area contributed by atoms with E-state index >= 15 is 0 Å². The van der Waals surface area contributed by atoms with Crippen LogP contribution >= 0.6 is 11.6 Å². The number of carbonyl (C=O) groups is 2. The van der Waals surface area contributed by atoms with Gasteiger partial charge < -0.3 is 15.3 Å². The van der Waals surface area contributed by atoms with E-state index in [9.17, 15) is 14.7 Å². The zero-order valence-corrected chi connectivity index (χ0v) is 18.8. The number of hydrogen-bond donors (Lipinski definition) is 3. The monoisotopic (exact) mass is 458 g/mol. The van der Waals surface area contributed by atoms with Crippen LogP contribution in [0.5, 0.6) is 0 Å². The first kappa shape index (κ1) is 21.3. The average Bonchev–Trinajstić information content (AvgIpc) is 3.68. The fourth-order valence-electron chi connectivity index (χ4n) is 5.05. The molecule has 3 aliphatic rings. The summed E-state index contributed by atoms with van der Waals surface area (Å²) < 4.78 is 0. The standard InChI is InChI=1S/C22H27ClN6O3/c1-22(2,13-3-4-13)18(30)21(32)29-10-12-8-16(12)17(29)20(31)24-9-11-7-14(23)5-6-15(11)19-25-27-28-26-19/h5-7,12-13,16-18,30H,3-4,8-10H2,1-2H3,(H,24,31)(H,25,26,27,28)/t12-,16-,17-,18?/m0/s1. The van der Waals surface area contributed by atoms with Crippen molar-refractivity contribution in [2.75, 3.05) is 6.54 Å². The number of aromatic amines is 1. The number of aromatic nitrogens is 4. The van der Waals surface area contributed by atoms with Crippen LogP contribution in [0.3, 0.4) is 0 Å². The molecule has 9 nitrogen and oxygen atoms in total. The summed E-state index contributed by atoms with van der Waals surface area (Å²) in [7, 11) is 0. The van der Waals surface area contributed by atoms with E-state index in [-0.39, 0.29) is 24.3 Å². The Morgan fingerprint density at radius 2 is 2.16 bits per heavy atom. The van der Waals surface area contributed by atoms with Crippen molar-refractivity contribution >= 4 is 23.4 Å². The summed E-state index contributed by atoms with van der Waals surface area (Å²) in [5.41, 5.74) is 1.03. The number of carbonyl (C=O) groups excluding carboxylic acids is 2. The molecule has 1 aromatic carbocycles. The van der Waals surface area contributed by atoms with Gasteiger partial charge in [-0.25, -0.2) is 5.10 Å². The molecule has 170 valence electrons. The molecule has 1 saturated heterocycles. The number of rotatable bonds is 7. The van der Waals surface area contributed by atoms with Gasteiger partial charge in [0.25, 0.3) is 5.91 Å². The normalized spacial score (nSPS) is 25.4. The van der Waals surface area contributed by atoms with Crippen molar-refractivity contribution in [2.45, 2.75) is 51.8 Å². The third-order valence-corrected chi connectivity index (χ3v) is 7.63. The number of halogens is 1. The lowest BCUT2D eigenvalue weighted by Crippen LogP contribution is -2.54. The summed E-state index contributed by atoms with van der Waals surface area (Å²) in [5.74, 6) is 0.807. The van der Waals surface area contributed by atoms with E-state index < -0.39 is 17.6 Å². The summed E-state index contributed by atoms with van der Waals surface area (Å²) in [6, 6.07) is 4.75. The Kier molecular flexibility index (Phi) is 5.21. The lowest BCUT2D eigenvalue weighted by Gasteiger charge is -2.35. The van der Waals surface area contributed by atoms with Gasteiger partial charge in [0.1, 0.15) is 12.1 Å². The topological polar surface area (TPSA) is 124 Å². The van der Waals surface area contributed by atoms with E-state index in [1.165, 1.54) is 0 Å². The van der Waals surface area contributed by atoms with Crippen LogP contribution < -0.4 is 5.32 Å². The molecule has 4 atom stereocenters. The van der Waals surface area contributed by atoms with Gasteiger partial charge in [-0.05, 0) is 71.2 Å². The second-order valence-electron chi connectivity index (χ2n) is 9.86. The molecule has 5 rings (SSSR count). The third kappa shape index (κ3) is 3.77. The number of piperidine rings is 1. The number of benzene rings is 1. The Bertz CT molecular complexity index is 1040. The third-order valence-electron chi connectivity index (χ3n) is 7.39. The van der Waals surface area contributed by atoms with Crippen molar-refractivity contribution in [1.29, 1.82) is 0 Å². The first-order chi connectivity index (χ1) is 15.3. The molecule has 1 aromatic heterocycles. The number of H-pyrrole nitrogens is 1. The second-order valence-corrected chi connectivity index (χ2v) is 10.3. The predicted molar refractivity (Wildman–Crippen MR) is 116 cm³/mol. The van der Waals surface area contributed by atoms with Gasteiger partial charge in [0.2, 0.25) is 5.91 Å². The zero-order chi connectivity index (χ0) is 22.6. The Balaban J connectivity index is 1.30. The molecule has 2 saturated carbocycles. The Morgan fingerprint density at radius 3 is 2.84 bits per heavy atom. The lowest BCUT2D eigenvalue weighted by molar-refractivity contribution is -0.152. The van der Waals surface area contributed by atoms with Crippen LogP contribution in [0, 0.1) is 23.2 Å². The first-order valence-corrected chi connectivity index (χ1v) is 11.4. The summed E-state index contributed by atoms with van der Waals surface area (Å²) in [6.07, 6.45) is 1.92. The van der Waals surface area contributed by atoms with Crippen LogP contribution in [-0.4, -0.2) is 61.1 Å². The quantitative estimate of drug-likeness (QED) is 0.581. The van der Waals surface area contributed by atoms with Crippen molar-refractivity contribution in [3.05, 3.63) is 28.8 Å². The molecule has 0 spiro atoms. The molecule has 3 N–H and O–H groups in total. The molecule has 10 heteroatoms. The highest BCUT2D eigenvalue weighted by atomic mass is 35.5. The molecule has 2 heterocycles. The number of nitrogens with one attached hydrogen (secondary N) is 2. The van der Waals surface area contributed by atoms with Gasteiger partial charge in [-0.2, -0.15) is 0 Å². The number of aliphatic hydroxyl groups is 1. The van der Waals surface area contributed by atoms with Crippen LogP contribution in [0.25, 0.3) is 11.4 Å². The number of likely N-dealkylation sites (tertiary alicyclic amines) is 1. The molecule has 2 aliphatic carbocycles. The number of nitrogens with zero attached hydrogens (tertiary/aromatic N) is 4. The molecule has 0 radical (unpaired) electrons. The first-order valence-electron chi connectivity index (χ1n) is 11.1. The van der Waals surface area contributed by atoms with Gasteiger partial charge in [0.15, 0.2) is 5.82 Å². The average molecular weight is 459 g/mol. The largest absolute Gasteiger partial charge is 0.383 e. The van der Waals surface area contributed by atoms with E-state index in [2.05, 4.69) is 25.9 Å². The van der Waals surface area contributed by atoms with E-state index in [1.54, 1.807) is 23.1 Å². The summed E-state index contributed by atoms with van der Waals surface area (Å²) >= 11 is 6.17. The van der Waals surface area contributed by atoms with Gasteiger partial charge >= 0.3 is 0 Å². The van der Waals surface area contributed by atoms with Gasteiger partial charge in [-0.1, -0.05) is 25.4 Å². The van der Waals surface area contributed by atoms with Crippen LogP contribution in [0.15, 0.2) is 18.2 Å². The highest BCUT2D eigenvalue weighted by molar-refractivity contribution is 6.30. The molecule has 32 heavy (non-hydrogen) atoms. The molecule has 3 fully saturated rings. The van der Waals surface area contributed by atoms with Crippen molar-refractivity contribution in [2.24, 2.45) is 23.2 Å². The summed E-state index contributed by atoms with van der Waals surface area (Å²) in [4.78, 5) is 28.0. The SMILES string of the molecule is CC(C)(C1CC1)C(O)C(=O)N1C[C@@H]2C[C@@H]2[C@H]1C(=O)NCc1cc(Cl)ccc1-c1nnn[nH]1. The van der Waals surface area contributed by atoms with E-state index in [1.807, 2.05) is 13.8 Å². The molecule has 2 amide bonds. The van der Waals surface area contributed by atoms with Gasteiger partial charge in [-0.3, -0.25) is 9.59 Å². The van der Waals surface area contributed by atoms with Crippen LogP contribution in [0.1, 0.15) is 38.7 Å². The van der Waals surface area contributed by atoms with Crippen molar-refractivity contribution in [3.63, 3.8) is 0 Å². The molecular weight excluding hydrogens is 432 g/mol. The van der Waals surface area contributed by atoms with Crippen LogP contribution in [-0.2, 0) is 16.1 Å².